The van der Waals surface area contributed by atoms with E-state index in [1.165, 1.54) is 0 Å². The molecule has 1 heterocycles. The summed E-state index contributed by atoms with van der Waals surface area (Å²) < 4.78 is 18.6. The van der Waals surface area contributed by atoms with Gasteiger partial charge >= 0.3 is 5.97 Å². The highest BCUT2D eigenvalue weighted by molar-refractivity contribution is 7.66. The van der Waals surface area contributed by atoms with E-state index in [1.807, 2.05) is 6.92 Å². The molecule has 1 fully saturated rings. The Bertz CT molecular complexity index is 580. The van der Waals surface area contributed by atoms with Gasteiger partial charge in [0.1, 0.15) is 0 Å². The second kappa shape index (κ2) is 6.95. The lowest BCUT2D eigenvalue weighted by Gasteiger charge is -2.27. The Morgan fingerprint density at radius 2 is 2.23 bits per heavy atom. The van der Waals surface area contributed by atoms with E-state index in [-0.39, 0.29) is 6.10 Å². The summed E-state index contributed by atoms with van der Waals surface area (Å²) in [6, 6.07) is 6.48. The number of ether oxygens (including phenoxy) is 1. The highest BCUT2D eigenvalue weighted by Gasteiger charge is 2.39. The van der Waals surface area contributed by atoms with Crippen molar-refractivity contribution in [3.05, 3.63) is 29.8 Å². The van der Waals surface area contributed by atoms with Crippen molar-refractivity contribution >= 4 is 18.6 Å². The molecule has 1 aliphatic heterocycles. The Kier molecular flexibility index (Phi) is 5.43. The van der Waals surface area contributed by atoms with Crippen LogP contribution in [-0.2, 0) is 14.1 Å². The van der Waals surface area contributed by atoms with Crippen LogP contribution >= 0.6 is 7.37 Å². The number of carboxylic acids is 1. The average molecular weight is 326 g/mol. The van der Waals surface area contributed by atoms with Crippen molar-refractivity contribution in [1.29, 1.82) is 0 Å². The lowest BCUT2D eigenvalue weighted by Crippen LogP contribution is -2.29. The van der Waals surface area contributed by atoms with Crippen LogP contribution in [0.4, 0.5) is 0 Å². The quantitative estimate of drug-likeness (QED) is 0.785. The maximum Gasteiger partial charge on any atom is 0.310 e. The number of hydrogen-bond acceptors (Lipinski definition) is 3. The van der Waals surface area contributed by atoms with Crippen molar-refractivity contribution in [3.63, 3.8) is 0 Å². The summed E-state index contributed by atoms with van der Waals surface area (Å²) in [7, 11) is -3.62. The average Bonchev–Trinajstić information content (AvgIpc) is 3.01. The van der Waals surface area contributed by atoms with Crippen molar-refractivity contribution in [2.45, 2.75) is 50.8 Å². The van der Waals surface area contributed by atoms with Crippen LogP contribution in [0.2, 0.25) is 0 Å². The molecule has 5 nitrogen and oxygen atoms in total. The summed E-state index contributed by atoms with van der Waals surface area (Å²) in [4.78, 5) is 21.8. The highest BCUT2D eigenvalue weighted by atomic mass is 31.2. The number of carbonyl (C=O) groups is 1. The maximum absolute atomic E-state index is 13.0. The smallest absolute Gasteiger partial charge is 0.310 e. The van der Waals surface area contributed by atoms with Crippen LogP contribution in [0.1, 0.15) is 44.6 Å². The van der Waals surface area contributed by atoms with E-state index in [0.717, 1.165) is 12.8 Å². The van der Waals surface area contributed by atoms with Gasteiger partial charge in [-0.15, -0.1) is 0 Å². The van der Waals surface area contributed by atoms with Gasteiger partial charge in [0, 0.05) is 11.9 Å². The van der Waals surface area contributed by atoms with Crippen LogP contribution in [0.15, 0.2) is 24.3 Å². The van der Waals surface area contributed by atoms with Crippen molar-refractivity contribution in [3.8, 4) is 0 Å². The predicted octanol–water partition coefficient (Wildman–Crippen LogP) is 2.73. The Balaban J connectivity index is 2.33. The third kappa shape index (κ3) is 3.43. The summed E-state index contributed by atoms with van der Waals surface area (Å²) in [6.45, 7) is 4.09. The maximum atomic E-state index is 13.0. The molecular weight excluding hydrogens is 303 g/mol. The first-order valence-corrected chi connectivity index (χ1v) is 9.38. The molecule has 1 aliphatic rings. The number of aliphatic carboxylic acids is 1. The Morgan fingerprint density at radius 3 is 2.77 bits per heavy atom. The van der Waals surface area contributed by atoms with E-state index >= 15 is 0 Å². The molecule has 0 aromatic heterocycles. The molecule has 0 spiro atoms. The summed E-state index contributed by atoms with van der Waals surface area (Å²) >= 11 is 0. The number of benzene rings is 1. The first-order valence-electron chi connectivity index (χ1n) is 7.65. The van der Waals surface area contributed by atoms with E-state index in [9.17, 15) is 14.3 Å². The molecule has 1 aromatic carbocycles. The fraction of sp³-hybridized carbons (Fsp3) is 0.562. The molecule has 1 aromatic rings. The second-order valence-corrected chi connectivity index (χ2v) is 8.23. The molecule has 0 bridgehead atoms. The third-order valence-electron chi connectivity index (χ3n) is 4.37. The first kappa shape index (κ1) is 17.2. The minimum Gasteiger partial charge on any atom is -0.481 e. The molecule has 0 saturated carbocycles. The number of carboxylic acid groups (broad SMARTS) is 1. The van der Waals surface area contributed by atoms with Crippen molar-refractivity contribution in [1.82, 2.24) is 0 Å². The topological polar surface area (TPSA) is 83.8 Å². The van der Waals surface area contributed by atoms with Crippen LogP contribution in [0.5, 0.6) is 0 Å². The van der Waals surface area contributed by atoms with Crippen molar-refractivity contribution in [2.75, 3.05) is 6.61 Å². The summed E-state index contributed by atoms with van der Waals surface area (Å²) in [5, 5.41) is 9.43. The lowest BCUT2D eigenvalue weighted by atomic mass is 10.0. The fourth-order valence-electron chi connectivity index (χ4n) is 2.97. The van der Waals surface area contributed by atoms with Gasteiger partial charge in [-0.3, -0.25) is 9.36 Å². The second-order valence-electron chi connectivity index (χ2n) is 5.80. The molecule has 1 saturated heterocycles. The Hall–Kier alpha value is -1.16. The van der Waals surface area contributed by atoms with Crippen molar-refractivity contribution in [2.24, 2.45) is 0 Å². The third-order valence-corrected chi connectivity index (χ3v) is 6.99. The number of hydrogen-bond donors (Lipinski definition) is 2. The van der Waals surface area contributed by atoms with Crippen LogP contribution in [-0.4, -0.2) is 34.3 Å². The van der Waals surface area contributed by atoms with Crippen LogP contribution < -0.4 is 5.30 Å². The first-order chi connectivity index (χ1) is 10.4. The molecule has 6 heteroatoms. The zero-order valence-electron chi connectivity index (χ0n) is 12.9. The summed E-state index contributed by atoms with van der Waals surface area (Å²) in [6.07, 6.45) is 2.07. The molecule has 4 unspecified atom stereocenters. The lowest BCUT2D eigenvalue weighted by molar-refractivity contribution is -0.138. The van der Waals surface area contributed by atoms with Gasteiger partial charge in [-0.2, -0.15) is 0 Å². The van der Waals surface area contributed by atoms with Gasteiger partial charge in [-0.25, -0.2) is 0 Å². The monoisotopic (exact) mass is 326 g/mol. The van der Waals surface area contributed by atoms with E-state index in [0.29, 0.717) is 23.9 Å². The molecule has 2 N–H and O–H groups in total. The zero-order chi connectivity index (χ0) is 16.3. The van der Waals surface area contributed by atoms with E-state index < -0.39 is 24.9 Å². The summed E-state index contributed by atoms with van der Waals surface area (Å²) in [5.74, 6) is -1.65. The standard InChI is InChI=1S/C16H23O5P/c1-3-15(14-8-5-9-21-14)22(19,20)13-7-4-6-12(10-13)11(2)16(17)18/h4,6-7,10-11,14-15H,3,5,8-9H2,1-2H3,(H,17,18)(H,19,20). The predicted molar refractivity (Wildman–Crippen MR) is 85.0 cm³/mol. The zero-order valence-corrected chi connectivity index (χ0v) is 13.8. The molecule has 0 radical (unpaired) electrons. The minimum absolute atomic E-state index is 0.193. The SMILES string of the molecule is CCC(C1CCCO1)P(=O)(O)c1cccc(C(C)C(=O)O)c1. The van der Waals surface area contributed by atoms with E-state index in [2.05, 4.69) is 0 Å². The fourth-order valence-corrected chi connectivity index (χ4v) is 5.17. The van der Waals surface area contributed by atoms with Crippen LogP contribution in [0, 0.1) is 0 Å². The Labute approximate surface area is 130 Å². The van der Waals surface area contributed by atoms with Gasteiger partial charge in [-0.05, 0) is 43.9 Å². The number of rotatable bonds is 6. The van der Waals surface area contributed by atoms with Crippen molar-refractivity contribution < 1.29 is 24.1 Å². The molecular formula is C16H23O5P. The van der Waals surface area contributed by atoms with Gasteiger partial charge in [0.25, 0.3) is 0 Å². The van der Waals surface area contributed by atoms with Gasteiger partial charge in [0.05, 0.1) is 17.7 Å². The van der Waals surface area contributed by atoms with Gasteiger partial charge in [0.2, 0.25) is 7.37 Å². The van der Waals surface area contributed by atoms with Gasteiger partial charge < -0.3 is 14.7 Å². The Morgan fingerprint density at radius 1 is 1.50 bits per heavy atom. The molecule has 22 heavy (non-hydrogen) atoms. The summed E-state index contributed by atoms with van der Waals surface area (Å²) in [5.41, 5.74) is 0.104. The van der Waals surface area contributed by atoms with Crippen LogP contribution in [0.3, 0.4) is 0 Å². The molecule has 2 rings (SSSR count). The van der Waals surface area contributed by atoms with E-state index in [1.54, 1.807) is 31.2 Å². The van der Waals surface area contributed by atoms with Crippen LogP contribution in [0.25, 0.3) is 0 Å². The normalized spacial score (nSPS) is 23.7. The largest absolute Gasteiger partial charge is 0.481 e. The highest BCUT2D eigenvalue weighted by Crippen LogP contribution is 2.50. The van der Waals surface area contributed by atoms with E-state index in [4.69, 9.17) is 9.84 Å². The minimum atomic E-state index is -3.62. The van der Waals surface area contributed by atoms with Gasteiger partial charge in [0.15, 0.2) is 0 Å². The van der Waals surface area contributed by atoms with Gasteiger partial charge in [-0.1, -0.05) is 19.1 Å². The molecule has 122 valence electrons. The molecule has 0 amide bonds. The molecule has 4 atom stereocenters. The molecule has 0 aliphatic carbocycles.